The van der Waals surface area contributed by atoms with E-state index < -0.39 is 0 Å². The molecule has 0 unspecified atom stereocenters. The lowest BCUT2D eigenvalue weighted by Gasteiger charge is -2.23. The van der Waals surface area contributed by atoms with E-state index in [1.165, 1.54) is 12.8 Å². The monoisotopic (exact) mass is 221 g/mol. The van der Waals surface area contributed by atoms with Gasteiger partial charge in [-0.2, -0.15) is 0 Å². The Balaban J connectivity index is 2.37. The molecule has 1 aromatic rings. The number of ether oxygens (including phenoxy) is 1. The second kappa shape index (κ2) is 4.20. The van der Waals surface area contributed by atoms with Crippen LogP contribution in [0.25, 0.3) is 0 Å². The first-order valence-corrected chi connectivity index (χ1v) is 5.60. The Labute approximate surface area is 96.8 Å². The SMILES string of the molecule is CN(C)c1nccc(OC2CC2)c1N(C)C. The molecular weight excluding hydrogens is 202 g/mol. The lowest BCUT2D eigenvalue weighted by molar-refractivity contribution is 0.303. The zero-order chi connectivity index (χ0) is 11.7. The van der Waals surface area contributed by atoms with Gasteiger partial charge in [0.05, 0.1) is 6.10 Å². The number of hydrogen-bond donors (Lipinski definition) is 0. The van der Waals surface area contributed by atoms with Gasteiger partial charge in [0.2, 0.25) is 0 Å². The molecule has 0 aliphatic heterocycles. The molecule has 0 atom stereocenters. The van der Waals surface area contributed by atoms with Crippen molar-refractivity contribution in [3.8, 4) is 5.75 Å². The van der Waals surface area contributed by atoms with Crippen LogP contribution in [-0.2, 0) is 0 Å². The van der Waals surface area contributed by atoms with Crippen LogP contribution in [-0.4, -0.2) is 39.3 Å². The molecule has 4 heteroatoms. The third-order valence-electron chi connectivity index (χ3n) is 2.56. The smallest absolute Gasteiger partial charge is 0.155 e. The molecule has 1 heterocycles. The zero-order valence-electron chi connectivity index (χ0n) is 10.4. The van der Waals surface area contributed by atoms with Crippen LogP contribution in [0, 0.1) is 0 Å². The van der Waals surface area contributed by atoms with Crippen molar-refractivity contribution in [3.05, 3.63) is 12.3 Å². The predicted octanol–water partition coefficient (Wildman–Crippen LogP) is 1.75. The van der Waals surface area contributed by atoms with Crippen LogP contribution in [0.5, 0.6) is 5.75 Å². The van der Waals surface area contributed by atoms with Gasteiger partial charge < -0.3 is 14.5 Å². The van der Waals surface area contributed by atoms with Gasteiger partial charge in [-0.1, -0.05) is 0 Å². The topological polar surface area (TPSA) is 28.6 Å². The molecule has 0 aromatic carbocycles. The van der Waals surface area contributed by atoms with Crippen molar-refractivity contribution in [3.63, 3.8) is 0 Å². The fourth-order valence-electron chi connectivity index (χ4n) is 1.63. The van der Waals surface area contributed by atoms with Gasteiger partial charge in [-0.25, -0.2) is 4.98 Å². The summed E-state index contributed by atoms with van der Waals surface area (Å²) >= 11 is 0. The highest BCUT2D eigenvalue weighted by molar-refractivity contribution is 5.73. The van der Waals surface area contributed by atoms with Crippen LogP contribution in [0.1, 0.15) is 12.8 Å². The molecular formula is C12H19N3O. The van der Waals surface area contributed by atoms with Gasteiger partial charge in [-0.05, 0) is 12.8 Å². The zero-order valence-corrected chi connectivity index (χ0v) is 10.4. The fraction of sp³-hybridized carbons (Fsp3) is 0.583. The van der Waals surface area contributed by atoms with Gasteiger partial charge in [0.1, 0.15) is 11.4 Å². The van der Waals surface area contributed by atoms with E-state index >= 15 is 0 Å². The van der Waals surface area contributed by atoms with Gasteiger partial charge in [0.15, 0.2) is 5.82 Å². The Hall–Kier alpha value is -1.45. The molecule has 16 heavy (non-hydrogen) atoms. The molecule has 0 saturated heterocycles. The molecule has 2 rings (SSSR count). The van der Waals surface area contributed by atoms with Crippen LogP contribution in [0.15, 0.2) is 12.3 Å². The van der Waals surface area contributed by atoms with E-state index in [-0.39, 0.29) is 0 Å². The van der Waals surface area contributed by atoms with Crippen molar-refractivity contribution >= 4 is 11.5 Å². The first-order chi connectivity index (χ1) is 7.59. The molecule has 1 aromatic heterocycles. The molecule has 0 radical (unpaired) electrons. The number of hydrogen-bond acceptors (Lipinski definition) is 4. The molecule has 0 N–H and O–H groups in total. The molecule has 1 fully saturated rings. The maximum atomic E-state index is 5.90. The maximum absolute atomic E-state index is 5.90. The average Bonchev–Trinajstić information content (AvgIpc) is 3.00. The maximum Gasteiger partial charge on any atom is 0.155 e. The minimum atomic E-state index is 0.413. The highest BCUT2D eigenvalue weighted by atomic mass is 16.5. The van der Waals surface area contributed by atoms with Gasteiger partial charge in [-0.15, -0.1) is 0 Å². The Morgan fingerprint density at radius 1 is 1.19 bits per heavy atom. The Morgan fingerprint density at radius 2 is 1.88 bits per heavy atom. The van der Waals surface area contributed by atoms with Gasteiger partial charge in [0, 0.05) is 40.5 Å². The summed E-state index contributed by atoms with van der Waals surface area (Å²) in [5, 5.41) is 0. The molecule has 88 valence electrons. The summed E-state index contributed by atoms with van der Waals surface area (Å²) < 4.78 is 5.90. The summed E-state index contributed by atoms with van der Waals surface area (Å²) in [6, 6.07) is 1.95. The summed E-state index contributed by atoms with van der Waals surface area (Å²) in [7, 11) is 8.03. The minimum Gasteiger partial charge on any atom is -0.488 e. The summed E-state index contributed by atoms with van der Waals surface area (Å²) in [5.74, 6) is 1.88. The van der Waals surface area contributed by atoms with Gasteiger partial charge in [0.25, 0.3) is 0 Å². The van der Waals surface area contributed by atoms with Crippen molar-refractivity contribution in [2.75, 3.05) is 38.0 Å². The van der Waals surface area contributed by atoms with Crippen LogP contribution in [0.3, 0.4) is 0 Å². The lowest BCUT2D eigenvalue weighted by Crippen LogP contribution is -2.19. The van der Waals surface area contributed by atoms with E-state index in [4.69, 9.17) is 4.74 Å². The molecule has 0 spiro atoms. The Kier molecular flexibility index (Phi) is 2.90. The third kappa shape index (κ3) is 2.21. The number of pyridine rings is 1. The van der Waals surface area contributed by atoms with Gasteiger partial charge in [-0.3, -0.25) is 0 Å². The highest BCUT2D eigenvalue weighted by Crippen LogP contribution is 2.37. The quantitative estimate of drug-likeness (QED) is 0.774. The normalized spacial score (nSPS) is 14.8. The molecule has 1 aliphatic carbocycles. The summed E-state index contributed by atoms with van der Waals surface area (Å²) in [6.07, 6.45) is 4.56. The van der Waals surface area contributed by atoms with Gasteiger partial charge >= 0.3 is 0 Å². The predicted molar refractivity (Wildman–Crippen MR) is 66.5 cm³/mol. The Bertz CT molecular complexity index is 373. The number of rotatable bonds is 4. The largest absolute Gasteiger partial charge is 0.488 e. The van der Waals surface area contributed by atoms with Crippen molar-refractivity contribution in [1.29, 1.82) is 0 Å². The first kappa shape index (κ1) is 11.0. The fourth-order valence-corrected chi connectivity index (χ4v) is 1.63. The molecule has 4 nitrogen and oxygen atoms in total. The molecule has 0 bridgehead atoms. The molecule has 1 saturated carbocycles. The minimum absolute atomic E-state index is 0.413. The summed E-state index contributed by atoms with van der Waals surface area (Å²) in [6.45, 7) is 0. The standard InChI is InChI=1S/C12H19N3O/c1-14(2)11-10(16-9-5-6-9)7-8-13-12(11)15(3)4/h7-9H,5-6H2,1-4H3. The van der Waals surface area contributed by atoms with E-state index in [1.807, 2.05) is 39.2 Å². The lowest BCUT2D eigenvalue weighted by atomic mass is 10.3. The first-order valence-electron chi connectivity index (χ1n) is 5.60. The Morgan fingerprint density at radius 3 is 2.38 bits per heavy atom. The van der Waals surface area contributed by atoms with Crippen LogP contribution in [0.2, 0.25) is 0 Å². The van der Waals surface area contributed by atoms with E-state index in [0.29, 0.717) is 6.10 Å². The summed E-state index contributed by atoms with van der Waals surface area (Å²) in [5.41, 5.74) is 1.06. The molecule has 0 amide bonds. The van der Waals surface area contributed by atoms with Crippen molar-refractivity contribution in [1.82, 2.24) is 4.98 Å². The summed E-state index contributed by atoms with van der Waals surface area (Å²) in [4.78, 5) is 8.46. The van der Waals surface area contributed by atoms with E-state index in [9.17, 15) is 0 Å². The number of anilines is 2. The van der Waals surface area contributed by atoms with Crippen LogP contribution < -0.4 is 14.5 Å². The van der Waals surface area contributed by atoms with E-state index in [1.54, 1.807) is 6.20 Å². The van der Waals surface area contributed by atoms with Crippen molar-refractivity contribution in [2.24, 2.45) is 0 Å². The second-order valence-corrected chi connectivity index (χ2v) is 4.59. The third-order valence-corrected chi connectivity index (χ3v) is 2.56. The van der Waals surface area contributed by atoms with Crippen molar-refractivity contribution in [2.45, 2.75) is 18.9 Å². The second-order valence-electron chi connectivity index (χ2n) is 4.59. The molecule has 1 aliphatic rings. The number of aromatic nitrogens is 1. The van der Waals surface area contributed by atoms with Crippen LogP contribution >= 0.6 is 0 Å². The highest BCUT2D eigenvalue weighted by Gasteiger charge is 2.26. The number of nitrogens with zero attached hydrogens (tertiary/aromatic N) is 3. The average molecular weight is 221 g/mol. The van der Waals surface area contributed by atoms with E-state index in [0.717, 1.165) is 17.3 Å². The van der Waals surface area contributed by atoms with Crippen molar-refractivity contribution < 1.29 is 4.74 Å². The van der Waals surface area contributed by atoms with Crippen LogP contribution in [0.4, 0.5) is 11.5 Å². The van der Waals surface area contributed by atoms with E-state index in [2.05, 4.69) is 9.88 Å².